The normalized spacial score (nSPS) is 13.7. The lowest BCUT2D eigenvalue weighted by Gasteiger charge is -2.28. The highest BCUT2D eigenvalue weighted by Gasteiger charge is 2.23. The van der Waals surface area contributed by atoms with Gasteiger partial charge in [-0.2, -0.15) is 0 Å². The number of carbonyl (C=O) groups is 1. The van der Waals surface area contributed by atoms with Crippen molar-refractivity contribution in [2.45, 2.75) is 26.2 Å². The molecule has 1 amide bonds. The van der Waals surface area contributed by atoms with Crippen molar-refractivity contribution < 1.29 is 9.72 Å². The van der Waals surface area contributed by atoms with Crippen molar-refractivity contribution in [3.63, 3.8) is 0 Å². The maximum Gasteiger partial charge on any atom is 0.293 e. The van der Waals surface area contributed by atoms with Crippen LogP contribution in [0.1, 0.15) is 35.2 Å². The molecule has 1 fully saturated rings. The molecule has 0 aliphatic carbocycles. The summed E-state index contributed by atoms with van der Waals surface area (Å²) in [5, 5.41) is 17.6. The van der Waals surface area contributed by atoms with Crippen molar-refractivity contribution >= 4 is 51.9 Å². The van der Waals surface area contributed by atoms with Crippen LogP contribution in [0.3, 0.4) is 0 Å². The maximum atomic E-state index is 12.5. The first kappa shape index (κ1) is 21.0. The summed E-state index contributed by atoms with van der Waals surface area (Å²) in [6, 6.07) is 9.83. The molecule has 9 heteroatoms. The van der Waals surface area contributed by atoms with Gasteiger partial charge in [0.1, 0.15) is 5.69 Å². The Morgan fingerprint density at radius 2 is 1.90 bits per heavy atom. The predicted molar refractivity (Wildman–Crippen MR) is 119 cm³/mol. The molecule has 1 heterocycles. The van der Waals surface area contributed by atoms with Crippen molar-refractivity contribution in [1.82, 2.24) is 5.32 Å². The van der Waals surface area contributed by atoms with E-state index in [0.717, 1.165) is 37.9 Å². The fraction of sp³-hybridized carbons (Fsp3) is 0.300. The van der Waals surface area contributed by atoms with E-state index in [9.17, 15) is 14.9 Å². The molecule has 2 N–H and O–H groups in total. The minimum Gasteiger partial charge on any atom is -0.366 e. The first-order valence-corrected chi connectivity index (χ1v) is 10.1. The summed E-state index contributed by atoms with van der Waals surface area (Å²) in [6.07, 6.45) is 3.13. The predicted octanol–water partition coefficient (Wildman–Crippen LogP) is 4.67. The molecule has 2 aromatic carbocycles. The van der Waals surface area contributed by atoms with Gasteiger partial charge < -0.3 is 10.2 Å². The lowest BCUT2D eigenvalue weighted by atomic mass is 10.1. The molecule has 29 heavy (non-hydrogen) atoms. The van der Waals surface area contributed by atoms with Crippen molar-refractivity contribution in [1.29, 1.82) is 0 Å². The first-order chi connectivity index (χ1) is 13.8. The van der Waals surface area contributed by atoms with Crippen molar-refractivity contribution in [3.8, 4) is 0 Å². The molecule has 1 aliphatic heterocycles. The number of aryl methyl sites for hydroxylation is 1. The number of rotatable bonds is 4. The van der Waals surface area contributed by atoms with Gasteiger partial charge in [0.05, 0.1) is 4.92 Å². The standard InChI is InChI=1S/C20H21ClN4O3S/c1-13-5-7-15(12-16(13)21)22-20(29)23-19(26)14-6-8-17(18(11-14)25(27)28)24-9-3-2-4-10-24/h5-8,11-12H,2-4,9-10H2,1H3,(H2,22,23,26,29). The molecule has 2 aromatic rings. The van der Waals surface area contributed by atoms with Gasteiger partial charge in [-0.3, -0.25) is 20.2 Å². The smallest absolute Gasteiger partial charge is 0.293 e. The number of halogens is 1. The number of thiocarbonyl (C=S) groups is 1. The van der Waals surface area contributed by atoms with E-state index >= 15 is 0 Å². The molecule has 152 valence electrons. The van der Waals surface area contributed by atoms with Gasteiger partial charge in [-0.05, 0) is 68.2 Å². The topological polar surface area (TPSA) is 87.5 Å². The van der Waals surface area contributed by atoms with Gasteiger partial charge in [-0.1, -0.05) is 17.7 Å². The summed E-state index contributed by atoms with van der Waals surface area (Å²) in [4.78, 5) is 25.6. The van der Waals surface area contributed by atoms with Crippen LogP contribution in [0.25, 0.3) is 0 Å². The highest BCUT2D eigenvalue weighted by Crippen LogP contribution is 2.31. The Hall–Kier alpha value is -2.71. The average Bonchev–Trinajstić information content (AvgIpc) is 2.70. The minimum absolute atomic E-state index is 0.0799. The van der Waals surface area contributed by atoms with E-state index in [4.69, 9.17) is 23.8 Å². The third-order valence-electron chi connectivity index (χ3n) is 4.79. The molecule has 0 atom stereocenters. The quantitative estimate of drug-likeness (QED) is 0.414. The van der Waals surface area contributed by atoms with Crippen LogP contribution < -0.4 is 15.5 Å². The van der Waals surface area contributed by atoms with Crippen LogP contribution in [-0.4, -0.2) is 29.0 Å². The number of anilines is 2. The summed E-state index contributed by atoms with van der Waals surface area (Å²) in [5.41, 5.74) is 2.19. The molecule has 0 saturated carbocycles. The van der Waals surface area contributed by atoms with Gasteiger partial charge in [0.25, 0.3) is 11.6 Å². The van der Waals surface area contributed by atoms with Gasteiger partial charge >= 0.3 is 0 Å². The first-order valence-electron chi connectivity index (χ1n) is 9.27. The molecule has 0 unspecified atom stereocenters. The van der Waals surface area contributed by atoms with Crippen molar-refractivity contribution in [2.75, 3.05) is 23.3 Å². The summed E-state index contributed by atoms with van der Waals surface area (Å²) in [5.74, 6) is -0.519. The van der Waals surface area contributed by atoms with Gasteiger partial charge in [0, 0.05) is 35.4 Å². The zero-order chi connectivity index (χ0) is 21.0. The number of hydrogen-bond donors (Lipinski definition) is 2. The molecular formula is C20H21ClN4O3S. The number of amides is 1. The van der Waals surface area contributed by atoms with Gasteiger partial charge in [0.15, 0.2) is 5.11 Å². The fourth-order valence-electron chi connectivity index (χ4n) is 3.22. The Balaban J connectivity index is 1.72. The summed E-state index contributed by atoms with van der Waals surface area (Å²) >= 11 is 11.3. The second kappa shape index (κ2) is 9.19. The summed E-state index contributed by atoms with van der Waals surface area (Å²) in [7, 11) is 0. The van der Waals surface area contributed by atoms with E-state index < -0.39 is 10.8 Å². The number of benzene rings is 2. The zero-order valence-electron chi connectivity index (χ0n) is 15.9. The highest BCUT2D eigenvalue weighted by molar-refractivity contribution is 7.80. The number of piperidine rings is 1. The lowest BCUT2D eigenvalue weighted by molar-refractivity contribution is -0.384. The van der Waals surface area contributed by atoms with Crippen molar-refractivity contribution in [2.24, 2.45) is 0 Å². The van der Waals surface area contributed by atoms with Crippen LogP contribution in [0, 0.1) is 17.0 Å². The van der Waals surface area contributed by atoms with Crippen LogP contribution in [0.5, 0.6) is 0 Å². The average molecular weight is 433 g/mol. The second-order valence-corrected chi connectivity index (χ2v) is 7.70. The molecule has 0 radical (unpaired) electrons. The van der Waals surface area contributed by atoms with Gasteiger partial charge in [-0.15, -0.1) is 0 Å². The Bertz CT molecular complexity index is 961. The monoisotopic (exact) mass is 432 g/mol. The lowest BCUT2D eigenvalue weighted by Crippen LogP contribution is -2.34. The molecular weight excluding hydrogens is 412 g/mol. The number of nitro benzene ring substituents is 1. The largest absolute Gasteiger partial charge is 0.366 e. The number of nitrogens with zero attached hydrogens (tertiary/aromatic N) is 2. The molecule has 0 spiro atoms. The molecule has 7 nitrogen and oxygen atoms in total. The molecule has 0 bridgehead atoms. The van der Waals surface area contributed by atoms with Crippen LogP contribution >= 0.6 is 23.8 Å². The van der Waals surface area contributed by atoms with Crippen LogP contribution in [0.4, 0.5) is 17.1 Å². The number of nitro groups is 1. The van der Waals surface area contributed by atoms with E-state index in [1.807, 2.05) is 17.9 Å². The van der Waals surface area contributed by atoms with E-state index in [0.29, 0.717) is 16.4 Å². The van der Waals surface area contributed by atoms with Crippen LogP contribution in [-0.2, 0) is 0 Å². The second-order valence-electron chi connectivity index (χ2n) is 6.88. The Labute approximate surface area is 179 Å². The van der Waals surface area contributed by atoms with Crippen LogP contribution in [0.15, 0.2) is 36.4 Å². The van der Waals surface area contributed by atoms with Gasteiger partial charge in [0.2, 0.25) is 0 Å². The minimum atomic E-state index is -0.519. The maximum absolute atomic E-state index is 12.5. The summed E-state index contributed by atoms with van der Waals surface area (Å²) in [6.45, 7) is 3.44. The third kappa shape index (κ3) is 5.21. The van der Waals surface area contributed by atoms with Gasteiger partial charge in [-0.25, -0.2) is 0 Å². The molecule has 3 rings (SSSR count). The van der Waals surface area contributed by atoms with Crippen molar-refractivity contribution in [3.05, 3.63) is 62.7 Å². The van der Waals surface area contributed by atoms with E-state index in [1.165, 1.54) is 6.07 Å². The number of nitrogens with one attached hydrogen (secondary N) is 2. The SMILES string of the molecule is Cc1ccc(NC(=S)NC(=O)c2ccc(N3CCCCC3)c([N+](=O)[O-])c2)cc1Cl. The van der Waals surface area contributed by atoms with E-state index in [-0.39, 0.29) is 16.4 Å². The Morgan fingerprint density at radius 1 is 1.17 bits per heavy atom. The molecule has 1 saturated heterocycles. The molecule has 0 aromatic heterocycles. The summed E-state index contributed by atoms with van der Waals surface area (Å²) < 4.78 is 0. The fourth-order valence-corrected chi connectivity index (χ4v) is 3.61. The zero-order valence-corrected chi connectivity index (χ0v) is 17.5. The third-order valence-corrected chi connectivity index (χ3v) is 5.40. The Morgan fingerprint density at radius 3 is 2.55 bits per heavy atom. The molecule has 1 aliphatic rings. The number of hydrogen-bond acceptors (Lipinski definition) is 5. The van der Waals surface area contributed by atoms with E-state index in [1.54, 1.807) is 24.3 Å². The van der Waals surface area contributed by atoms with Crippen LogP contribution in [0.2, 0.25) is 5.02 Å². The van der Waals surface area contributed by atoms with E-state index in [2.05, 4.69) is 10.6 Å². The number of carbonyl (C=O) groups excluding carboxylic acids is 1. The Kier molecular flexibility index (Phi) is 6.66. The highest BCUT2D eigenvalue weighted by atomic mass is 35.5.